The Morgan fingerprint density at radius 1 is 1.31 bits per heavy atom. The highest BCUT2D eigenvalue weighted by molar-refractivity contribution is 14.0. The normalized spacial score (nSPS) is 22.3. The number of piperidine rings is 1. The molecule has 3 rings (SSSR count). The van der Waals surface area contributed by atoms with Crippen LogP contribution in [0.1, 0.15) is 40.0 Å². The fourth-order valence-electron chi connectivity index (χ4n) is 4.00. The average molecular weight is 518 g/mol. The van der Waals surface area contributed by atoms with Gasteiger partial charge in [0, 0.05) is 37.9 Å². The number of rotatable bonds is 6. The Morgan fingerprint density at radius 2 is 2.07 bits per heavy atom. The van der Waals surface area contributed by atoms with E-state index in [2.05, 4.69) is 41.3 Å². The summed E-state index contributed by atoms with van der Waals surface area (Å²) in [6.45, 7) is 12.2. The Bertz CT molecular complexity index is 650. The van der Waals surface area contributed by atoms with Gasteiger partial charge in [0.25, 0.3) is 0 Å². The summed E-state index contributed by atoms with van der Waals surface area (Å²) in [5.74, 6) is 1.89. The van der Waals surface area contributed by atoms with Crippen LogP contribution in [0.3, 0.4) is 0 Å². The molecule has 2 atom stereocenters. The smallest absolute Gasteiger partial charge is 0.191 e. The van der Waals surface area contributed by atoms with Crippen molar-refractivity contribution < 1.29 is 4.39 Å². The number of nitrogens with zero attached hydrogens (tertiary/aromatic N) is 4. The Labute approximate surface area is 191 Å². The molecule has 2 fully saturated rings. The van der Waals surface area contributed by atoms with Crippen LogP contribution < -0.4 is 15.5 Å². The fraction of sp³-hybridized carbons (Fsp3) is 0.714. The van der Waals surface area contributed by atoms with Crippen molar-refractivity contribution in [1.29, 1.82) is 0 Å². The first-order valence-electron chi connectivity index (χ1n) is 10.7. The first-order chi connectivity index (χ1) is 13.6. The largest absolute Gasteiger partial charge is 0.357 e. The molecule has 0 spiro atoms. The molecule has 6 nitrogen and oxygen atoms in total. The molecule has 0 saturated carbocycles. The van der Waals surface area contributed by atoms with E-state index in [0.29, 0.717) is 11.9 Å². The molecule has 1 aromatic heterocycles. The number of nitrogens with one attached hydrogen (secondary N) is 2. The second-order valence-electron chi connectivity index (χ2n) is 8.17. The zero-order chi connectivity index (χ0) is 19.9. The third kappa shape index (κ3) is 6.94. The lowest BCUT2D eigenvalue weighted by Crippen LogP contribution is -2.46. The molecular weight excluding hydrogens is 482 g/mol. The Kier molecular flexibility index (Phi) is 9.88. The van der Waals surface area contributed by atoms with Gasteiger partial charge in [-0.05, 0) is 64.3 Å². The van der Waals surface area contributed by atoms with Crippen LogP contribution in [0.4, 0.5) is 10.2 Å². The molecule has 0 bridgehead atoms. The summed E-state index contributed by atoms with van der Waals surface area (Å²) in [5, 5.41) is 6.88. The molecule has 2 aliphatic heterocycles. The molecular formula is C21H36FIN6. The zero-order valence-corrected chi connectivity index (χ0v) is 20.2. The SMILES string of the molecule is CCNC(=NCC(C)N1CCC(C)CC1)NC1CCN(c2ncccc2F)C1.I. The highest BCUT2D eigenvalue weighted by Crippen LogP contribution is 2.21. The monoisotopic (exact) mass is 518 g/mol. The minimum atomic E-state index is -0.256. The quantitative estimate of drug-likeness (QED) is 0.345. The number of hydrogen-bond acceptors (Lipinski definition) is 4. The van der Waals surface area contributed by atoms with Crippen LogP contribution in [0.2, 0.25) is 0 Å². The average Bonchev–Trinajstić information content (AvgIpc) is 3.15. The number of aliphatic imine (C=N–C) groups is 1. The van der Waals surface area contributed by atoms with Crippen LogP contribution in [0.5, 0.6) is 0 Å². The standard InChI is InChI=1S/C21H35FN6.HI/c1-4-23-21(25-14-17(3)27-11-7-16(2)8-12-27)26-18-9-13-28(15-18)20-19(22)6-5-10-24-20;/h5-6,10,16-18H,4,7-9,11-15H2,1-3H3,(H2,23,25,26);1H. The highest BCUT2D eigenvalue weighted by atomic mass is 127. The van der Waals surface area contributed by atoms with Gasteiger partial charge in [0.1, 0.15) is 0 Å². The zero-order valence-electron chi connectivity index (χ0n) is 17.9. The highest BCUT2D eigenvalue weighted by Gasteiger charge is 2.26. The van der Waals surface area contributed by atoms with Crippen molar-refractivity contribution in [2.75, 3.05) is 44.2 Å². The van der Waals surface area contributed by atoms with Crippen molar-refractivity contribution in [2.24, 2.45) is 10.9 Å². The maximum absolute atomic E-state index is 14.0. The van der Waals surface area contributed by atoms with Gasteiger partial charge >= 0.3 is 0 Å². The van der Waals surface area contributed by atoms with E-state index in [-0.39, 0.29) is 35.8 Å². The molecule has 0 aromatic carbocycles. The number of guanidine groups is 1. The van der Waals surface area contributed by atoms with Gasteiger partial charge in [0.05, 0.1) is 6.54 Å². The fourth-order valence-corrected chi connectivity index (χ4v) is 4.00. The van der Waals surface area contributed by atoms with Crippen molar-refractivity contribution in [1.82, 2.24) is 20.5 Å². The minimum absolute atomic E-state index is 0. The van der Waals surface area contributed by atoms with Gasteiger partial charge < -0.3 is 15.5 Å². The van der Waals surface area contributed by atoms with Crippen LogP contribution in [-0.4, -0.2) is 67.2 Å². The van der Waals surface area contributed by atoms with Gasteiger partial charge in [-0.2, -0.15) is 0 Å². The first kappa shape index (κ1) is 24.1. The summed E-state index contributed by atoms with van der Waals surface area (Å²) in [4.78, 5) is 13.6. The Balaban J connectivity index is 0.00000300. The van der Waals surface area contributed by atoms with Crippen molar-refractivity contribution in [3.8, 4) is 0 Å². The van der Waals surface area contributed by atoms with Gasteiger partial charge in [-0.15, -0.1) is 24.0 Å². The van der Waals surface area contributed by atoms with Crippen LogP contribution in [0, 0.1) is 11.7 Å². The van der Waals surface area contributed by atoms with E-state index in [4.69, 9.17) is 4.99 Å². The summed E-state index contributed by atoms with van der Waals surface area (Å²) < 4.78 is 14.0. The Hall–Kier alpha value is -1.16. The maximum Gasteiger partial charge on any atom is 0.191 e. The van der Waals surface area contributed by atoms with E-state index in [9.17, 15) is 4.39 Å². The Morgan fingerprint density at radius 3 is 2.76 bits per heavy atom. The maximum atomic E-state index is 14.0. The van der Waals surface area contributed by atoms with E-state index >= 15 is 0 Å². The van der Waals surface area contributed by atoms with E-state index in [0.717, 1.165) is 44.5 Å². The van der Waals surface area contributed by atoms with E-state index < -0.39 is 0 Å². The van der Waals surface area contributed by atoms with Crippen molar-refractivity contribution in [3.63, 3.8) is 0 Å². The molecule has 0 amide bonds. The molecule has 2 aliphatic rings. The second kappa shape index (κ2) is 11.9. The van der Waals surface area contributed by atoms with Gasteiger partial charge in [-0.3, -0.25) is 9.89 Å². The van der Waals surface area contributed by atoms with E-state index in [1.54, 1.807) is 12.3 Å². The number of likely N-dealkylation sites (tertiary alicyclic amines) is 1. The third-order valence-electron chi connectivity index (χ3n) is 5.87. The van der Waals surface area contributed by atoms with Gasteiger partial charge in [0.2, 0.25) is 0 Å². The predicted octanol–water partition coefficient (Wildman–Crippen LogP) is 3.09. The number of halogens is 2. The summed E-state index contributed by atoms with van der Waals surface area (Å²) in [7, 11) is 0. The number of pyridine rings is 1. The molecule has 164 valence electrons. The summed E-state index contributed by atoms with van der Waals surface area (Å²) in [5.41, 5.74) is 0. The molecule has 29 heavy (non-hydrogen) atoms. The number of anilines is 1. The van der Waals surface area contributed by atoms with Gasteiger partial charge in [0.15, 0.2) is 17.6 Å². The third-order valence-corrected chi connectivity index (χ3v) is 5.87. The molecule has 3 heterocycles. The van der Waals surface area contributed by atoms with E-state index in [1.165, 1.54) is 32.0 Å². The van der Waals surface area contributed by atoms with Crippen LogP contribution in [-0.2, 0) is 0 Å². The molecule has 2 unspecified atom stereocenters. The molecule has 0 radical (unpaired) electrons. The first-order valence-corrected chi connectivity index (χ1v) is 10.7. The van der Waals surface area contributed by atoms with Crippen molar-refractivity contribution in [2.45, 2.75) is 52.1 Å². The molecule has 8 heteroatoms. The lowest BCUT2D eigenvalue weighted by molar-refractivity contribution is 0.150. The number of hydrogen-bond donors (Lipinski definition) is 2. The van der Waals surface area contributed by atoms with Crippen molar-refractivity contribution in [3.05, 3.63) is 24.1 Å². The molecule has 0 aliphatic carbocycles. The topological polar surface area (TPSA) is 55.8 Å². The second-order valence-corrected chi connectivity index (χ2v) is 8.17. The van der Waals surface area contributed by atoms with Gasteiger partial charge in [-0.25, -0.2) is 9.37 Å². The molecule has 2 N–H and O–H groups in total. The molecule has 1 aromatic rings. The van der Waals surface area contributed by atoms with Crippen LogP contribution in [0.15, 0.2) is 23.3 Å². The minimum Gasteiger partial charge on any atom is -0.357 e. The predicted molar refractivity (Wildman–Crippen MR) is 129 cm³/mol. The van der Waals surface area contributed by atoms with E-state index in [1.807, 2.05) is 4.90 Å². The van der Waals surface area contributed by atoms with Gasteiger partial charge in [-0.1, -0.05) is 6.92 Å². The summed E-state index contributed by atoms with van der Waals surface area (Å²) >= 11 is 0. The number of aromatic nitrogens is 1. The lowest BCUT2D eigenvalue weighted by atomic mass is 9.98. The lowest BCUT2D eigenvalue weighted by Gasteiger charge is -2.34. The summed E-state index contributed by atoms with van der Waals surface area (Å²) in [6.07, 6.45) is 5.16. The van der Waals surface area contributed by atoms with Crippen molar-refractivity contribution >= 4 is 35.8 Å². The van der Waals surface area contributed by atoms with Crippen LogP contribution >= 0.6 is 24.0 Å². The van der Waals surface area contributed by atoms with Crippen LogP contribution in [0.25, 0.3) is 0 Å². The summed E-state index contributed by atoms with van der Waals surface area (Å²) in [6, 6.07) is 3.79. The molecule has 2 saturated heterocycles.